The number of amidine groups is 1. The number of aliphatic imine (C=N–C) groups is 1. The Morgan fingerprint density at radius 3 is 2.82 bits per heavy atom. The van der Waals surface area contributed by atoms with Crippen LogP contribution in [0, 0.1) is 11.8 Å². The van der Waals surface area contributed by atoms with E-state index in [1.165, 1.54) is 0 Å². The standard InChI is InChI=1S/C11H11N3O3/c15-8-3-1-2-7-5(8)4-6-9(12-7)13-11(17)14-10(6)16/h2,5-6H,1,3-4H2,(H2,12,13,14,16,17). The number of carbonyl (C=O) groups is 3. The van der Waals surface area contributed by atoms with Crippen LogP contribution in [0.25, 0.3) is 0 Å². The van der Waals surface area contributed by atoms with Gasteiger partial charge in [-0.15, -0.1) is 0 Å². The molecule has 2 aliphatic heterocycles. The lowest BCUT2D eigenvalue weighted by Gasteiger charge is -2.33. The van der Waals surface area contributed by atoms with Crippen molar-refractivity contribution < 1.29 is 14.4 Å². The highest BCUT2D eigenvalue weighted by Crippen LogP contribution is 2.33. The number of hydrogen-bond acceptors (Lipinski definition) is 4. The molecule has 0 aromatic rings. The second kappa shape index (κ2) is 3.51. The molecule has 2 N–H and O–H groups in total. The minimum absolute atomic E-state index is 0.134. The number of Topliss-reactive ketones (excluding diaryl/α,β-unsaturated/α-hetero) is 1. The van der Waals surface area contributed by atoms with Crippen LogP contribution in [-0.2, 0) is 9.59 Å². The Balaban J connectivity index is 2.00. The van der Waals surface area contributed by atoms with Gasteiger partial charge in [0.25, 0.3) is 0 Å². The molecule has 3 rings (SSSR count). The van der Waals surface area contributed by atoms with Crippen molar-refractivity contribution in [1.82, 2.24) is 10.6 Å². The van der Waals surface area contributed by atoms with E-state index in [4.69, 9.17) is 0 Å². The Morgan fingerprint density at radius 1 is 1.18 bits per heavy atom. The van der Waals surface area contributed by atoms with E-state index in [2.05, 4.69) is 15.6 Å². The summed E-state index contributed by atoms with van der Waals surface area (Å²) in [6, 6.07) is -0.550. The van der Waals surface area contributed by atoms with E-state index in [-0.39, 0.29) is 17.6 Å². The van der Waals surface area contributed by atoms with Crippen LogP contribution in [0.4, 0.5) is 4.79 Å². The third-order valence-corrected chi connectivity index (χ3v) is 3.34. The Hall–Kier alpha value is -1.98. The zero-order valence-corrected chi connectivity index (χ0v) is 9.03. The molecular weight excluding hydrogens is 222 g/mol. The van der Waals surface area contributed by atoms with Crippen LogP contribution in [0.15, 0.2) is 16.8 Å². The van der Waals surface area contributed by atoms with E-state index < -0.39 is 11.9 Å². The molecule has 3 amide bonds. The lowest BCUT2D eigenvalue weighted by Crippen LogP contribution is -2.57. The highest BCUT2D eigenvalue weighted by Gasteiger charge is 2.41. The number of hydrogen-bond donors (Lipinski definition) is 2. The number of urea groups is 1. The Morgan fingerprint density at radius 2 is 2.00 bits per heavy atom. The van der Waals surface area contributed by atoms with E-state index in [1.807, 2.05) is 6.08 Å². The van der Waals surface area contributed by atoms with Gasteiger partial charge < -0.3 is 0 Å². The summed E-state index contributed by atoms with van der Waals surface area (Å²) in [5, 5.41) is 4.71. The molecule has 2 atom stereocenters. The van der Waals surface area contributed by atoms with Crippen LogP contribution < -0.4 is 10.6 Å². The molecule has 3 aliphatic rings. The lowest BCUT2D eigenvalue weighted by molar-refractivity contribution is -0.125. The average Bonchev–Trinajstić information content (AvgIpc) is 2.27. The predicted molar refractivity (Wildman–Crippen MR) is 58.0 cm³/mol. The Labute approximate surface area is 97.2 Å². The molecule has 1 fully saturated rings. The molecular formula is C11H11N3O3. The third-order valence-electron chi connectivity index (χ3n) is 3.34. The summed E-state index contributed by atoms with van der Waals surface area (Å²) < 4.78 is 0. The Kier molecular flexibility index (Phi) is 2.10. The normalized spacial score (nSPS) is 31.6. The number of rotatable bonds is 0. The number of allylic oxidation sites excluding steroid dienone is 2. The quantitative estimate of drug-likeness (QED) is 0.622. The maximum Gasteiger partial charge on any atom is 0.326 e. The molecule has 88 valence electrons. The molecule has 6 heteroatoms. The van der Waals surface area contributed by atoms with Crippen LogP contribution in [0.5, 0.6) is 0 Å². The third kappa shape index (κ3) is 1.56. The number of nitrogens with zero attached hydrogens (tertiary/aromatic N) is 1. The molecule has 2 unspecified atom stereocenters. The molecule has 0 aromatic heterocycles. The molecule has 6 nitrogen and oxygen atoms in total. The summed E-state index contributed by atoms with van der Waals surface area (Å²) in [5.41, 5.74) is 0.697. The smallest absolute Gasteiger partial charge is 0.299 e. The minimum atomic E-state index is -0.550. The lowest BCUT2D eigenvalue weighted by atomic mass is 9.80. The summed E-state index contributed by atoms with van der Waals surface area (Å²) in [7, 11) is 0. The zero-order chi connectivity index (χ0) is 12.0. The van der Waals surface area contributed by atoms with Gasteiger partial charge in [0.1, 0.15) is 11.6 Å². The summed E-state index contributed by atoms with van der Waals surface area (Å²) in [5.74, 6) is -0.647. The molecule has 17 heavy (non-hydrogen) atoms. The fourth-order valence-corrected chi connectivity index (χ4v) is 2.48. The van der Waals surface area contributed by atoms with Gasteiger partial charge in [-0.3, -0.25) is 20.2 Å². The summed E-state index contributed by atoms with van der Waals surface area (Å²) >= 11 is 0. The van der Waals surface area contributed by atoms with Gasteiger partial charge in [-0.05, 0) is 12.8 Å². The van der Waals surface area contributed by atoms with Gasteiger partial charge in [-0.2, -0.15) is 0 Å². The highest BCUT2D eigenvalue weighted by molar-refractivity contribution is 6.19. The first-order valence-corrected chi connectivity index (χ1v) is 5.58. The maximum atomic E-state index is 11.7. The highest BCUT2D eigenvalue weighted by atomic mass is 16.2. The molecule has 0 saturated carbocycles. The first-order valence-electron chi connectivity index (χ1n) is 5.58. The molecule has 0 radical (unpaired) electrons. The topological polar surface area (TPSA) is 87.6 Å². The predicted octanol–water partition coefficient (Wildman–Crippen LogP) is 0.107. The van der Waals surface area contributed by atoms with Crippen molar-refractivity contribution in [2.75, 3.05) is 0 Å². The second-order valence-electron chi connectivity index (χ2n) is 4.42. The monoisotopic (exact) mass is 233 g/mol. The summed E-state index contributed by atoms with van der Waals surface area (Å²) in [6.45, 7) is 0. The number of carbonyl (C=O) groups excluding carboxylic acids is 3. The average molecular weight is 233 g/mol. The van der Waals surface area contributed by atoms with E-state index in [9.17, 15) is 14.4 Å². The SMILES string of the molecule is O=C1NC(=O)C2CC3C(=O)CCC=C3N=C2N1. The van der Waals surface area contributed by atoms with Gasteiger partial charge in [0.05, 0.1) is 11.8 Å². The van der Waals surface area contributed by atoms with Gasteiger partial charge in [0.15, 0.2) is 0 Å². The Bertz CT molecular complexity index is 492. The van der Waals surface area contributed by atoms with Crippen molar-refractivity contribution in [3.63, 3.8) is 0 Å². The number of amides is 3. The maximum absolute atomic E-state index is 11.7. The summed E-state index contributed by atoms with van der Waals surface area (Å²) in [6.07, 6.45) is 3.52. The van der Waals surface area contributed by atoms with Gasteiger partial charge in [-0.25, -0.2) is 9.79 Å². The first kappa shape index (κ1) is 10.2. The van der Waals surface area contributed by atoms with Crippen LogP contribution >= 0.6 is 0 Å². The fourth-order valence-electron chi connectivity index (χ4n) is 2.48. The van der Waals surface area contributed by atoms with Crippen molar-refractivity contribution in [2.45, 2.75) is 19.3 Å². The van der Waals surface area contributed by atoms with Gasteiger partial charge >= 0.3 is 6.03 Å². The minimum Gasteiger partial charge on any atom is -0.299 e. The van der Waals surface area contributed by atoms with E-state index in [0.29, 0.717) is 30.8 Å². The van der Waals surface area contributed by atoms with E-state index in [0.717, 1.165) is 0 Å². The van der Waals surface area contributed by atoms with Crippen molar-refractivity contribution >= 4 is 23.6 Å². The second-order valence-corrected chi connectivity index (χ2v) is 4.42. The molecule has 0 bridgehead atoms. The van der Waals surface area contributed by atoms with Crippen LogP contribution in [-0.4, -0.2) is 23.6 Å². The molecule has 0 aromatic carbocycles. The molecule has 1 saturated heterocycles. The number of imide groups is 1. The van der Waals surface area contributed by atoms with Crippen LogP contribution in [0.3, 0.4) is 0 Å². The number of ketones is 1. The van der Waals surface area contributed by atoms with Crippen molar-refractivity contribution in [1.29, 1.82) is 0 Å². The fraction of sp³-hybridized carbons (Fsp3) is 0.455. The molecule has 0 spiro atoms. The van der Waals surface area contributed by atoms with Crippen LogP contribution in [0.1, 0.15) is 19.3 Å². The summed E-state index contributed by atoms with van der Waals surface area (Å²) in [4.78, 5) is 38.8. The molecule has 1 aliphatic carbocycles. The molecule has 2 heterocycles. The first-order chi connectivity index (χ1) is 8.15. The largest absolute Gasteiger partial charge is 0.326 e. The van der Waals surface area contributed by atoms with E-state index in [1.54, 1.807) is 0 Å². The van der Waals surface area contributed by atoms with Gasteiger partial charge in [0, 0.05) is 12.1 Å². The van der Waals surface area contributed by atoms with Gasteiger partial charge in [0.2, 0.25) is 5.91 Å². The van der Waals surface area contributed by atoms with Crippen molar-refractivity contribution in [3.8, 4) is 0 Å². The van der Waals surface area contributed by atoms with Crippen LogP contribution in [0.2, 0.25) is 0 Å². The number of nitrogens with one attached hydrogen (secondary N) is 2. The van der Waals surface area contributed by atoms with Gasteiger partial charge in [-0.1, -0.05) is 6.08 Å². The van der Waals surface area contributed by atoms with E-state index >= 15 is 0 Å². The number of fused-ring (bicyclic) bond motifs is 2. The van der Waals surface area contributed by atoms with Crippen molar-refractivity contribution in [2.24, 2.45) is 16.8 Å². The zero-order valence-electron chi connectivity index (χ0n) is 9.03. The van der Waals surface area contributed by atoms with Crippen molar-refractivity contribution in [3.05, 3.63) is 11.8 Å².